The van der Waals surface area contributed by atoms with Gasteiger partial charge in [-0.3, -0.25) is 4.79 Å². The summed E-state index contributed by atoms with van der Waals surface area (Å²) in [5, 5.41) is 8.66. The average molecular weight is 228 g/mol. The Labute approximate surface area is 90.9 Å². The number of hydrogen-bond acceptors (Lipinski definition) is 4. The average Bonchev–Trinajstić information content (AvgIpc) is 2.01. The van der Waals surface area contributed by atoms with Crippen LogP contribution in [0.4, 0.5) is 0 Å². The number of aromatic carboxylic acids is 1. The maximum Gasteiger partial charge on any atom is 0.335 e. The standard InChI is InChI=1S/C9H8O3S2/c1-5(10)14-8-3-6(9(11)12)2-7(13)4-8/h2-4,13H,1H3,(H,11,12). The molecule has 0 aromatic heterocycles. The minimum atomic E-state index is -1.02. The van der Waals surface area contributed by atoms with E-state index in [0.29, 0.717) is 9.79 Å². The fraction of sp³-hybridized carbons (Fsp3) is 0.111. The third kappa shape index (κ3) is 3.08. The number of carboxylic acids is 1. The summed E-state index contributed by atoms with van der Waals surface area (Å²) in [5.74, 6) is -1.02. The van der Waals surface area contributed by atoms with Crippen molar-refractivity contribution in [2.75, 3.05) is 0 Å². The number of hydrogen-bond donors (Lipinski definition) is 2. The van der Waals surface area contributed by atoms with Gasteiger partial charge < -0.3 is 5.11 Å². The molecule has 14 heavy (non-hydrogen) atoms. The van der Waals surface area contributed by atoms with E-state index in [2.05, 4.69) is 12.6 Å². The number of carbonyl (C=O) groups is 2. The Balaban J connectivity index is 3.07. The zero-order chi connectivity index (χ0) is 10.7. The summed E-state index contributed by atoms with van der Waals surface area (Å²) in [7, 11) is 0. The Bertz CT molecular complexity index is 388. The first-order chi connectivity index (χ1) is 6.49. The lowest BCUT2D eigenvalue weighted by Gasteiger charge is -2.01. The Morgan fingerprint density at radius 2 is 2.00 bits per heavy atom. The van der Waals surface area contributed by atoms with Gasteiger partial charge in [0.1, 0.15) is 0 Å². The molecule has 1 aromatic carbocycles. The van der Waals surface area contributed by atoms with E-state index >= 15 is 0 Å². The molecule has 5 heteroatoms. The first-order valence-electron chi connectivity index (χ1n) is 3.75. The van der Waals surface area contributed by atoms with Gasteiger partial charge in [-0.15, -0.1) is 12.6 Å². The van der Waals surface area contributed by atoms with Crippen molar-refractivity contribution >= 4 is 35.5 Å². The predicted molar refractivity (Wildman–Crippen MR) is 57.2 cm³/mol. The highest BCUT2D eigenvalue weighted by atomic mass is 32.2. The molecule has 0 spiro atoms. The quantitative estimate of drug-likeness (QED) is 0.602. The monoisotopic (exact) mass is 228 g/mol. The van der Waals surface area contributed by atoms with Gasteiger partial charge in [-0.2, -0.15) is 0 Å². The van der Waals surface area contributed by atoms with E-state index in [-0.39, 0.29) is 10.7 Å². The lowest BCUT2D eigenvalue weighted by molar-refractivity contribution is -0.109. The lowest BCUT2D eigenvalue weighted by Crippen LogP contribution is -1.96. The molecular formula is C9H8O3S2. The summed E-state index contributed by atoms with van der Waals surface area (Å²) >= 11 is 5.05. The van der Waals surface area contributed by atoms with Crippen molar-refractivity contribution in [1.82, 2.24) is 0 Å². The first kappa shape index (κ1) is 11.1. The summed E-state index contributed by atoms with van der Waals surface area (Å²) < 4.78 is 0. The molecule has 74 valence electrons. The van der Waals surface area contributed by atoms with Crippen molar-refractivity contribution in [2.24, 2.45) is 0 Å². The van der Waals surface area contributed by atoms with Crippen molar-refractivity contribution < 1.29 is 14.7 Å². The van der Waals surface area contributed by atoms with Crippen LogP contribution in [-0.4, -0.2) is 16.2 Å². The molecule has 0 saturated carbocycles. The van der Waals surface area contributed by atoms with Gasteiger partial charge in [0.2, 0.25) is 0 Å². The number of thioether (sulfide) groups is 1. The maximum atomic E-state index is 10.8. The largest absolute Gasteiger partial charge is 0.478 e. The van der Waals surface area contributed by atoms with Crippen LogP contribution >= 0.6 is 24.4 Å². The van der Waals surface area contributed by atoms with Crippen LogP contribution in [0, 0.1) is 0 Å². The lowest BCUT2D eigenvalue weighted by atomic mass is 10.2. The van der Waals surface area contributed by atoms with Crippen LogP contribution in [0.2, 0.25) is 0 Å². The second-order valence-electron chi connectivity index (χ2n) is 2.61. The fourth-order valence-corrected chi connectivity index (χ4v) is 2.00. The molecule has 1 rings (SSSR count). The van der Waals surface area contributed by atoms with Crippen LogP contribution in [0.1, 0.15) is 17.3 Å². The summed E-state index contributed by atoms with van der Waals surface area (Å²) in [6, 6.07) is 4.55. The third-order valence-corrected chi connectivity index (χ3v) is 2.42. The van der Waals surface area contributed by atoms with Crippen molar-refractivity contribution in [2.45, 2.75) is 16.7 Å². The molecule has 0 heterocycles. The second kappa shape index (κ2) is 4.52. The van der Waals surface area contributed by atoms with Gasteiger partial charge in [0.05, 0.1) is 5.56 Å². The highest BCUT2D eigenvalue weighted by Gasteiger charge is 2.07. The maximum absolute atomic E-state index is 10.8. The van der Waals surface area contributed by atoms with E-state index in [0.717, 1.165) is 11.8 Å². The number of carbonyl (C=O) groups excluding carboxylic acids is 1. The van der Waals surface area contributed by atoms with Gasteiger partial charge in [-0.05, 0) is 18.2 Å². The molecule has 3 nitrogen and oxygen atoms in total. The van der Waals surface area contributed by atoms with Crippen molar-refractivity contribution in [1.29, 1.82) is 0 Å². The van der Waals surface area contributed by atoms with E-state index < -0.39 is 5.97 Å². The Kier molecular flexibility index (Phi) is 3.60. The summed E-state index contributed by atoms with van der Waals surface area (Å²) in [4.78, 5) is 22.6. The number of benzene rings is 1. The Morgan fingerprint density at radius 1 is 1.36 bits per heavy atom. The van der Waals surface area contributed by atoms with Crippen LogP contribution < -0.4 is 0 Å². The van der Waals surface area contributed by atoms with Crippen LogP contribution in [0.5, 0.6) is 0 Å². The molecule has 0 aliphatic heterocycles. The van der Waals surface area contributed by atoms with E-state index in [4.69, 9.17) is 5.11 Å². The van der Waals surface area contributed by atoms with Crippen molar-refractivity contribution in [3.8, 4) is 0 Å². The minimum Gasteiger partial charge on any atom is -0.478 e. The smallest absolute Gasteiger partial charge is 0.335 e. The summed E-state index contributed by atoms with van der Waals surface area (Å²) in [5.41, 5.74) is 0.140. The van der Waals surface area contributed by atoms with Gasteiger partial charge in [-0.1, -0.05) is 11.8 Å². The normalized spacial score (nSPS) is 9.86. The molecule has 0 radical (unpaired) electrons. The van der Waals surface area contributed by atoms with E-state index in [1.54, 1.807) is 6.07 Å². The topological polar surface area (TPSA) is 54.4 Å². The van der Waals surface area contributed by atoms with E-state index in [1.807, 2.05) is 0 Å². The van der Waals surface area contributed by atoms with Crippen molar-refractivity contribution in [3.63, 3.8) is 0 Å². The Morgan fingerprint density at radius 3 is 2.50 bits per heavy atom. The zero-order valence-electron chi connectivity index (χ0n) is 7.35. The van der Waals surface area contributed by atoms with Crippen LogP contribution in [-0.2, 0) is 4.79 Å². The van der Waals surface area contributed by atoms with E-state index in [9.17, 15) is 9.59 Å². The number of rotatable bonds is 2. The molecule has 1 aromatic rings. The van der Waals surface area contributed by atoms with Gasteiger partial charge in [0.15, 0.2) is 5.12 Å². The van der Waals surface area contributed by atoms with Gasteiger partial charge in [-0.25, -0.2) is 4.79 Å². The number of carboxylic acid groups (broad SMARTS) is 1. The summed E-state index contributed by atoms with van der Waals surface area (Å²) in [6.45, 7) is 1.43. The fourth-order valence-electron chi connectivity index (χ4n) is 0.932. The molecule has 0 bridgehead atoms. The molecule has 0 saturated heterocycles. The highest BCUT2D eigenvalue weighted by molar-refractivity contribution is 8.13. The molecule has 0 unspecified atom stereocenters. The SMILES string of the molecule is CC(=O)Sc1cc(S)cc(C(=O)O)c1. The molecule has 0 aliphatic rings. The number of thiol groups is 1. The van der Waals surface area contributed by atoms with Crippen LogP contribution in [0.3, 0.4) is 0 Å². The Hall–Kier alpha value is -0.940. The molecule has 0 atom stereocenters. The molecule has 0 amide bonds. The van der Waals surface area contributed by atoms with E-state index in [1.165, 1.54) is 19.1 Å². The van der Waals surface area contributed by atoms with Gasteiger partial charge in [0.25, 0.3) is 0 Å². The van der Waals surface area contributed by atoms with Crippen LogP contribution in [0.15, 0.2) is 28.0 Å². The minimum absolute atomic E-state index is 0.0831. The third-order valence-electron chi connectivity index (χ3n) is 1.40. The van der Waals surface area contributed by atoms with Gasteiger partial charge in [0, 0.05) is 16.7 Å². The summed E-state index contributed by atoms with van der Waals surface area (Å²) in [6.07, 6.45) is 0. The molecular weight excluding hydrogens is 220 g/mol. The zero-order valence-corrected chi connectivity index (χ0v) is 9.06. The molecule has 0 aliphatic carbocycles. The molecule has 1 N–H and O–H groups in total. The van der Waals surface area contributed by atoms with Crippen molar-refractivity contribution in [3.05, 3.63) is 23.8 Å². The van der Waals surface area contributed by atoms with Gasteiger partial charge >= 0.3 is 5.97 Å². The molecule has 0 fully saturated rings. The first-order valence-corrected chi connectivity index (χ1v) is 5.01. The highest BCUT2D eigenvalue weighted by Crippen LogP contribution is 2.23. The predicted octanol–water partition coefficient (Wildman–Crippen LogP) is 2.31. The van der Waals surface area contributed by atoms with Crippen LogP contribution in [0.25, 0.3) is 0 Å². The second-order valence-corrected chi connectivity index (χ2v) is 4.38.